The minimum absolute atomic E-state index is 0.176. The van der Waals surface area contributed by atoms with Crippen LogP contribution >= 0.6 is 0 Å². The molecule has 3 N–H and O–H groups in total. The van der Waals surface area contributed by atoms with Crippen LogP contribution in [0.1, 0.15) is 10.4 Å². The molecule has 0 spiro atoms. The lowest BCUT2D eigenvalue weighted by Gasteiger charge is -2.07. The van der Waals surface area contributed by atoms with E-state index < -0.39 is 23.4 Å². The van der Waals surface area contributed by atoms with Gasteiger partial charge in [0.1, 0.15) is 0 Å². The smallest absolute Gasteiger partial charge is 0.257 e. The Bertz CT molecular complexity index is 611. The second kappa shape index (κ2) is 4.63. The summed E-state index contributed by atoms with van der Waals surface area (Å²) in [5, 5.41) is 6.11. The molecule has 100 valence electrons. The van der Waals surface area contributed by atoms with Crippen LogP contribution in [-0.2, 0) is 7.05 Å². The van der Waals surface area contributed by atoms with Crippen molar-refractivity contribution in [3.05, 3.63) is 41.3 Å². The van der Waals surface area contributed by atoms with E-state index in [1.807, 2.05) is 0 Å². The summed E-state index contributed by atoms with van der Waals surface area (Å²) in [4.78, 5) is 11.8. The van der Waals surface area contributed by atoms with Gasteiger partial charge in [-0.3, -0.25) is 9.48 Å². The third-order valence-corrected chi connectivity index (χ3v) is 2.45. The van der Waals surface area contributed by atoms with Gasteiger partial charge in [-0.15, -0.1) is 0 Å². The summed E-state index contributed by atoms with van der Waals surface area (Å²) in [6, 6.07) is 1.20. The topological polar surface area (TPSA) is 72.9 Å². The highest BCUT2D eigenvalue weighted by Gasteiger charge is 2.17. The van der Waals surface area contributed by atoms with E-state index in [4.69, 9.17) is 5.73 Å². The number of nitrogen functional groups attached to an aromatic ring is 1. The molecule has 1 amide bonds. The molecule has 2 aromatic rings. The number of carbonyl (C=O) groups is 1. The molecule has 0 fully saturated rings. The van der Waals surface area contributed by atoms with Crippen molar-refractivity contribution >= 4 is 17.4 Å². The Morgan fingerprint density at radius 2 is 1.89 bits per heavy atom. The lowest BCUT2D eigenvalue weighted by Crippen LogP contribution is -2.16. The highest BCUT2D eigenvalue weighted by molar-refractivity contribution is 6.05. The first-order valence-corrected chi connectivity index (χ1v) is 5.13. The van der Waals surface area contributed by atoms with E-state index in [0.29, 0.717) is 12.1 Å². The number of hydrogen-bond donors (Lipinski definition) is 2. The highest BCUT2D eigenvalue weighted by atomic mass is 19.2. The fraction of sp³-hybridized carbons (Fsp3) is 0.0909. The first-order valence-electron chi connectivity index (χ1n) is 5.13. The lowest BCUT2D eigenvalue weighted by atomic mass is 10.2. The van der Waals surface area contributed by atoms with Crippen LogP contribution in [0.3, 0.4) is 0 Å². The predicted molar refractivity (Wildman–Crippen MR) is 61.9 cm³/mol. The van der Waals surface area contributed by atoms with E-state index >= 15 is 0 Å². The molecule has 0 bridgehead atoms. The van der Waals surface area contributed by atoms with Gasteiger partial charge in [-0.2, -0.15) is 5.10 Å². The predicted octanol–water partition coefficient (Wildman–Crippen LogP) is 1.67. The largest absolute Gasteiger partial charge is 0.394 e. The Labute approximate surface area is 105 Å². The maximum Gasteiger partial charge on any atom is 0.257 e. The van der Waals surface area contributed by atoms with Crippen molar-refractivity contribution in [3.63, 3.8) is 0 Å². The fourth-order valence-corrected chi connectivity index (χ4v) is 1.47. The molecule has 1 aromatic heterocycles. The zero-order valence-corrected chi connectivity index (χ0v) is 9.75. The van der Waals surface area contributed by atoms with E-state index in [0.717, 1.165) is 0 Å². The van der Waals surface area contributed by atoms with Gasteiger partial charge in [0.15, 0.2) is 23.3 Å². The SMILES string of the molecule is Cn1ncc(N)c1NC(=O)c1cc(F)c(F)c(F)c1. The number of nitrogens with one attached hydrogen (secondary N) is 1. The summed E-state index contributed by atoms with van der Waals surface area (Å²) in [6.45, 7) is 0. The first-order chi connectivity index (χ1) is 8.90. The second-order valence-electron chi connectivity index (χ2n) is 3.78. The molecule has 0 atom stereocenters. The Kier molecular flexibility index (Phi) is 3.16. The number of halogens is 3. The molecule has 5 nitrogen and oxygen atoms in total. The van der Waals surface area contributed by atoms with Crippen LogP contribution in [0.25, 0.3) is 0 Å². The fourth-order valence-electron chi connectivity index (χ4n) is 1.47. The van der Waals surface area contributed by atoms with Crippen LogP contribution in [-0.4, -0.2) is 15.7 Å². The number of aryl methyl sites for hydroxylation is 1. The van der Waals surface area contributed by atoms with E-state index in [2.05, 4.69) is 10.4 Å². The lowest BCUT2D eigenvalue weighted by molar-refractivity contribution is 0.102. The van der Waals surface area contributed by atoms with E-state index in [-0.39, 0.29) is 17.1 Å². The van der Waals surface area contributed by atoms with Gasteiger partial charge in [-0.05, 0) is 12.1 Å². The van der Waals surface area contributed by atoms with Gasteiger partial charge in [0, 0.05) is 12.6 Å². The molecule has 0 aliphatic carbocycles. The summed E-state index contributed by atoms with van der Waals surface area (Å²) in [5.74, 6) is -5.16. The number of hydrogen-bond acceptors (Lipinski definition) is 3. The van der Waals surface area contributed by atoms with Crippen molar-refractivity contribution in [2.24, 2.45) is 7.05 Å². The number of amides is 1. The van der Waals surface area contributed by atoms with E-state index in [1.165, 1.54) is 17.9 Å². The van der Waals surface area contributed by atoms with Crippen molar-refractivity contribution in [2.45, 2.75) is 0 Å². The third-order valence-electron chi connectivity index (χ3n) is 2.45. The Hall–Kier alpha value is -2.51. The third kappa shape index (κ3) is 2.37. The number of nitrogens with zero attached hydrogens (tertiary/aromatic N) is 2. The highest BCUT2D eigenvalue weighted by Crippen LogP contribution is 2.18. The van der Waals surface area contributed by atoms with E-state index in [1.54, 1.807) is 0 Å². The Balaban J connectivity index is 2.31. The molecule has 0 aliphatic heterocycles. The number of carbonyl (C=O) groups excluding carboxylic acids is 1. The van der Waals surface area contributed by atoms with E-state index in [9.17, 15) is 18.0 Å². The molecule has 0 aliphatic rings. The number of aromatic nitrogens is 2. The van der Waals surface area contributed by atoms with Crippen LogP contribution in [0, 0.1) is 17.5 Å². The van der Waals surface area contributed by atoms with Gasteiger partial charge in [-0.1, -0.05) is 0 Å². The van der Waals surface area contributed by atoms with Gasteiger partial charge < -0.3 is 11.1 Å². The molecule has 1 aromatic carbocycles. The van der Waals surface area contributed by atoms with Crippen LogP contribution < -0.4 is 11.1 Å². The average molecular weight is 270 g/mol. The van der Waals surface area contributed by atoms with Gasteiger partial charge in [0.05, 0.1) is 11.9 Å². The molecule has 2 rings (SSSR count). The molecular weight excluding hydrogens is 261 g/mol. The molecule has 8 heteroatoms. The first kappa shape index (κ1) is 12.9. The van der Waals surface area contributed by atoms with Crippen LogP contribution in [0.4, 0.5) is 24.7 Å². The van der Waals surface area contributed by atoms with Crippen LogP contribution in [0.15, 0.2) is 18.3 Å². The minimum Gasteiger partial charge on any atom is -0.394 e. The Morgan fingerprint density at radius 1 is 1.32 bits per heavy atom. The summed E-state index contributed by atoms with van der Waals surface area (Å²) in [6.07, 6.45) is 1.31. The van der Waals surface area contributed by atoms with Gasteiger partial charge in [-0.25, -0.2) is 13.2 Å². The monoisotopic (exact) mass is 270 g/mol. The molecular formula is C11H9F3N4O. The zero-order valence-electron chi connectivity index (χ0n) is 9.75. The summed E-state index contributed by atoms with van der Waals surface area (Å²) >= 11 is 0. The molecule has 0 radical (unpaired) electrons. The van der Waals surface area contributed by atoms with Crippen molar-refractivity contribution in [1.29, 1.82) is 0 Å². The molecule has 1 heterocycles. The Morgan fingerprint density at radius 3 is 2.37 bits per heavy atom. The quantitative estimate of drug-likeness (QED) is 0.815. The maximum absolute atomic E-state index is 13.0. The molecule has 19 heavy (non-hydrogen) atoms. The number of nitrogens with two attached hydrogens (primary N) is 1. The van der Waals surface area contributed by atoms with Crippen molar-refractivity contribution in [1.82, 2.24) is 9.78 Å². The molecule has 0 saturated heterocycles. The minimum atomic E-state index is -1.63. The second-order valence-corrected chi connectivity index (χ2v) is 3.78. The summed E-state index contributed by atoms with van der Waals surface area (Å²) in [5.41, 5.74) is 5.38. The zero-order chi connectivity index (χ0) is 14.2. The van der Waals surface area contributed by atoms with Gasteiger partial charge in [0.25, 0.3) is 5.91 Å². The number of rotatable bonds is 2. The maximum atomic E-state index is 13.0. The normalized spacial score (nSPS) is 10.5. The molecule has 0 saturated carbocycles. The van der Waals surface area contributed by atoms with Crippen molar-refractivity contribution < 1.29 is 18.0 Å². The summed E-state index contributed by atoms with van der Waals surface area (Å²) in [7, 11) is 1.53. The van der Waals surface area contributed by atoms with Crippen LogP contribution in [0.5, 0.6) is 0 Å². The van der Waals surface area contributed by atoms with Crippen molar-refractivity contribution in [2.75, 3.05) is 11.1 Å². The number of benzene rings is 1. The van der Waals surface area contributed by atoms with Gasteiger partial charge >= 0.3 is 0 Å². The average Bonchev–Trinajstić information content (AvgIpc) is 2.67. The van der Waals surface area contributed by atoms with Gasteiger partial charge in [0.2, 0.25) is 0 Å². The summed E-state index contributed by atoms with van der Waals surface area (Å²) < 4.78 is 40.0. The standard InChI is InChI=1S/C11H9F3N4O/c1-18-10(8(15)4-16-18)17-11(19)5-2-6(12)9(14)7(13)3-5/h2-4H,15H2,1H3,(H,17,19). The van der Waals surface area contributed by atoms with Crippen LogP contribution in [0.2, 0.25) is 0 Å². The van der Waals surface area contributed by atoms with Crippen molar-refractivity contribution in [3.8, 4) is 0 Å². The number of anilines is 2. The molecule has 0 unspecified atom stereocenters.